The van der Waals surface area contributed by atoms with Gasteiger partial charge in [-0.1, -0.05) is 72.8 Å². The molecule has 0 bridgehead atoms. The van der Waals surface area contributed by atoms with Gasteiger partial charge in [-0.2, -0.15) is 5.10 Å². The summed E-state index contributed by atoms with van der Waals surface area (Å²) in [5.74, 6) is 1.46. The second-order valence-corrected chi connectivity index (χ2v) is 8.16. The fourth-order valence-electron chi connectivity index (χ4n) is 4.54. The Hall–Kier alpha value is -3.33. The molecule has 3 nitrogen and oxygen atoms in total. The summed E-state index contributed by atoms with van der Waals surface area (Å²) in [6.07, 6.45) is 1.93. The van der Waals surface area contributed by atoms with Crippen LogP contribution in [-0.2, 0) is 12.8 Å². The van der Waals surface area contributed by atoms with E-state index in [9.17, 15) is 0 Å². The molecule has 0 unspecified atom stereocenters. The van der Waals surface area contributed by atoms with Gasteiger partial charge in [-0.05, 0) is 48.6 Å². The van der Waals surface area contributed by atoms with Gasteiger partial charge in [0.05, 0.1) is 11.4 Å². The number of rotatable bonds is 5. The Balaban J connectivity index is 1.59. The zero-order valence-electron chi connectivity index (χ0n) is 17.6. The molecule has 1 aliphatic heterocycles. The topological polar surface area (TPSA) is 29.9 Å². The normalized spacial score (nSPS) is 12.8. The van der Waals surface area contributed by atoms with Gasteiger partial charge >= 0.3 is 0 Å². The lowest BCUT2D eigenvalue weighted by Crippen LogP contribution is -2.09. The zero-order chi connectivity index (χ0) is 20.5. The third kappa shape index (κ3) is 3.30. The Labute approximate surface area is 178 Å². The molecule has 30 heavy (non-hydrogen) atoms. The van der Waals surface area contributed by atoms with Crippen molar-refractivity contribution in [2.75, 3.05) is 11.9 Å². The Kier molecular flexibility index (Phi) is 4.88. The van der Waals surface area contributed by atoms with Gasteiger partial charge < -0.3 is 5.32 Å². The van der Waals surface area contributed by atoms with E-state index in [1.807, 2.05) is 0 Å². The molecule has 1 aliphatic rings. The standard InChI is InChI=1S/C27H27N3/c1-19-10-9-15-26(20(19)2)30-27-23(16-17-28-27)25(29-30)18-24(21-11-5-3-6-12-21)22-13-7-4-8-14-22/h3-15,24,28H,16-18H2,1-2H3. The first-order valence-corrected chi connectivity index (χ1v) is 10.7. The minimum absolute atomic E-state index is 0.291. The number of aryl methyl sites for hydroxylation is 1. The van der Waals surface area contributed by atoms with Crippen LogP contribution in [0.25, 0.3) is 5.69 Å². The van der Waals surface area contributed by atoms with Crippen molar-refractivity contribution >= 4 is 5.82 Å². The highest BCUT2D eigenvalue weighted by molar-refractivity contribution is 5.59. The van der Waals surface area contributed by atoms with Crippen molar-refractivity contribution in [3.63, 3.8) is 0 Å². The maximum atomic E-state index is 5.15. The molecule has 1 aromatic heterocycles. The lowest BCUT2D eigenvalue weighted by molar-refractivity contribution is 0.744. The molecule has 0 spiro atoms. The third-order valence-corrected chi connectivity index (χ3v) is 6.34. The van der Waals surface area contributed by atoms with Crippen molar-refractivity contribution < 1.29 is 0 Å². The summed E-state index contributed by atoms with van der Waals surface area (Å²) in [5, 5.41) is 8.74. The van der Waals surface area contributed by atoms with Crippen molar-refractivity contribution in [1.82, 2.24) is 9.78 Å². The van der Waals surface area contributed by atoms with Crippen LogP contribution in [0.4, 0.5) is 5.82 Å². The van der Waals surface area contributed by atoms with E-state index in [-0.39, 0.29) is 0 Å². The van der Waals surface area contributed by atoms with E-state index < -0.39 is 0 Å². The van der Waals surface area contributed by atoms with E-state index in [4.69, 9.17) is 5.10 Å². The molecule has 2 heterocycles. The van der Waals surface area contributed by atoms with Crippen molar-refractivity contribution in [3.8, 4) is 5.69 Å². The number of nitrogens with one attached hydrogen (secondary N) is 1. The first-order chi connectivity index (χ1) is 14.7. The molecule has 0 saturated heterocycles. The SMILES string of the molecule is Cc1cccc(-n2nc(CC(c3ccccc3)c3ccccc3)c3c2NCC3)c1C. The van der Waals surface area contributed by atoms with Crippen LogP contribution in [0, 0.1) is 13.8 Å². The minimum atomic E-state index is 0.291. The fourth-order valence-corrected chi connectivity index (χ4v) is 4.54. The molecule has 0 atom stereocenters. The number of hydrogen-bond donors (Lipinski definition) is 1. The van der Waals surface area contributed by atoms with Crippen LogP contribution in [0.15, 0.2) is 78.9 Å². The fraction of sp³-hybridized carbons (Fsp3) is 0.222. The number of hydrogen-bond acceptors (Lipinski definition) is 2. The summed E-state index contributed by atoms with van der Waals surface area (Å²) in [5.41, 5.74) is 8.99. The average molecular weight is 394 g/mol. The Morgan fingerprint density at radius 2 is 1.53 bits per heavy atom. The predicted molar refractivity (Wildman–Crippen MR) is 124 cm³/mol. The number of nitrogens with zero attached hydrogens (tertiary/aromatic N) is 2. The molecule has 4 aromatic rings. The largest absolute Gasteiger partial charge is 0.369 e. The molecule has 3 aromatic carbocycles. The molecule has 0 saturated carbocycles. The summed E-state index contributed by atoms with van der Waals surface area (Å²) >= 11 is 0. The summed E-state index contributed by atoms with van der Waals surface area (Å²) < 4.78 is 2.13. The van der Waals surface area contributed by atoms with E-state index in [1.54, 1.807) is 0 Å². The third-order valence-electron chi connectivity index (χ3n) is 6.34. The van der Waals surface area contributed by atoms with Gasteiger partial charge in [-0.25, -0.2) is 4.68 Å². The van der Waals surface area contributed by atoms with Gasteiger partial charge in [0.25, 0.3) is 0 Å². The van der Waals surface area contributed by atoms with Crippen LogP contribution in [0.5, 0.6) is 0 Å². The molecular weight excluding hydrogens is 366 g/mol. The second-order valence-electron chi connectivity index (χ2n) is 8.16. The van der Waals surface area contributed by atoms with Crippen molar-refractivity contribution in [1.29, 1.82) is 0 Å². The Bertz CT molecular complexity index is 1120. The number of benzene rings is 3. The highest BCUT2D eigenvalue weighted by atomic mass is 15.3. The molecule has 5 rings (SSSR count). The number of fused-ring (bicyclic) bond motifs is 1. The van der Waals surface area contributed by atoms with E-state index in [0.717, 1.165) is 19.4 Å². The molecular formula is C27H27N3. The van der Waals surface area contributed by atoms with Crippen LogP contribution >= 0.6 is 0 Å². The predicted octanol–water partition coefficient (Wildman–Crippen LogP) is 5.83. The smallest absolute Gasteiger partial charge is 0.133 e. The quantitative estimate of drug-likeness (QED) is 0.462. The van der Waals surface area contributed by atoms with Gasteiger partial charge in [-0.3, -0.25) is 0 Å². The number of aromatic nitrogens is 2. The van der Waals surface area contributed by atoms with E-state index in [1.165, 1.54) is 45.0 Å². The summed E-state index contributed by atoms with van der Waals surface area (Å²) in [4.78, 5) is 0. The number of anilines is 1. The molecule has 1 N–H and O–H groups in total. The van der Waals surface area contributed by atoms with E-state index >= 15 is 0 Å². The van der Waals surface area contributed by atoms with Crippen LogP contribution in [0.1, 0.15) is 39.4 Å². The molecule has 3 heteroatoms. The Morgan fingerprint density at radius 3 is 2.20 bits per heavy atom. The molecule has 0 amide bonds. The highest BCUT2D eigenvalue weighted by Gasteiger charge is 2.26. The van der Waals surface area contributed by atoms with Crippen molar-refractivity contribution in [2.24, 2.45) is 0 Å². The van der Waals surface area contributed by atoms with Gasteiger partial charge in [0, 0.05) is 24.4 Å². The lowest BCUT2D eigenvalue weighted by atomic mass is 9.86. The summed E-state index contributed by atoms with van der Waals surface area (Å²) in [7, 11) is 0. The van der Waals surface area contributed by atoms with Crippen LogP contribution in [0.2, 0.25) is 0 Å². The van der Waals surface area contributed by atoms with Crippen LogP contribution < -0.4 is 5.32 Å². The molecule has 0 radical (unpaired) electrons. The summed E-state index contributed by atoms with van der Waals surface area (Å²) in [6.45, 7) is 5.33. The van der Waals surface area contributed by atoms with E-state index in [0.29, 0.717) is 5.92 Å². The molecule has 0 aliphatic carbocycles. The minimum Gasteiger partial charge on any atom is -0.369 e. The highest BCUT2D eigenvalue weighted by Crippen LogP contribution is 2.35. The second kappa shape index (κ2) is 7.83. The summed E-state index contributed by atoms with van der Waals surface area (Å²) in [6, 6.07) is 28.1. The monoisotopic (exact) mass is 393 g/mol. The van der Waals surface area contributed by atoms with Crippen molar-refractivity contribution in [3.05, 3.63) is 112 Å². The zero-order valence-corrected chi connectivity index (χ0v) is 17.6. The van der Waals surface area contributed by atoms with Gasteiger partial charge in [0.1, 0.15) is 5.82 Å². The van der Waals surface area contributed by atoms with Gasteiger partial charge in [0.15, 0.2) is 0 Å². The lowest BCUT2D eigenvalue weighted by Gasteiger charge is -2.18. The maximum Gasteiger partial charge on any atom is 0.133 e. The van der Waals surface area contributed by atoms with Gasteiger partial charge in [0.2, 0.25) is 0 Å². The van der Waals surface area contributed by atoms with Crippen molar-refractivity contribution in [2.45, 2.75) is 32.6 Å². The van der Waals surface area contributed by atoms with Crippen LogP contribution in [-0.4, -0.2) is 16.3 Å². The average Bonchev–Trinajstić information content (AvgIpc) is 3.39. The Morgan fingerprint density at radius 1 is 0.867 bits per heavy atom. The first kappa shape index (κ1) is 18.7. The van der Waals surface area contributed by atoms with Crippen LogP contribution in [0.3, 0.4) is 0 Å². The molecule has 0 fully saturated rings. The van der Waals surface area contributed by atoms with E-state index in [2.05, 4.69) is 103 Å². The molecule has 150 valence electrons. The van der Waals surface area contributed by atoms with Gasteiger partial charge in [-0.15, -0.1) is 0 Å². The maximum absolute atomic E-state index is 5.15. The first-order valence-electron chi connectivity index (χ1n) is 10.7.